The molecule has 112 valence electrons. The molecule has 0 heterocycles. The van der Waals surface area contributed by atoms with Gasteiger partial charge >= 0.3 is 5.97 Å². The highest BCUT2D eigenvalue weighted by Gasteiger charge is 2.17. The number of benzene rings is 1. The Kier molecular flexibility index (Phi) is 5.97. The highest BCUT2D eigenvalue weighted by Crippen LogP contribution is 2.22. The first kappa shape index (κ1) is 16.9. The van der Waals surface area contributed by atoms with Crippen LogP contribution in [0.4, 0.5) is 5.69 Å². The number of ether oxygens (including phenoxy) is 1. The summed E-state index contributed by atoms with van der Waals surface area (Å²) in [5, 5.41) is 9.06. The Hall–Kier alpha value is -1.12. The van der Waals surface area contributed by atoms with Gasteiger partial charge in [-0.25, -0.2) is 13.2 Å². The third kappa shape index (κ3) is 5.48. The number of carboxylic acids is 1. The van der Waals surface area contributed by atoms with E-state index in [0.29, 0.717) is 4.47 Å². The monoisotopic (exact) mass is 365 g/mol. The van der Waals surface area contributed by atoms with Gasteiger partial charge in [0.15, 0.2) is 0 Å². The fourth-order valence-corrected chi connectivity index (χ4v) is 2.69. The van der Waals surface area contributed by atoms with Gasteiger partial charge in [-0.05, 0) is 32.0 Å². The number of halogens is 1. The van der Waals surface area contributed by atoms with Crippen LogP contribution in [0.3, 0.4) is 0 Å². The molecule has 6 nitrogen and oxygen atoms in total. The Bertz CT molecular complexity index is 586. The van der Waals surface area contributed by atoms with Gasteiger partial charge in [0.2, 0.25) is 10.0 Å². The highest BCUT2D eigenvalue weighted by molar-refractivity contribution is 9.10. The number of carbonyl (C=O) groups is 1. The summed E-state index contributed by atoms with van der Waals surface area (Å²) in [6, 6.07) is 4.30. The minimum absolute atomic E-state index is 0.0326. The fraction of sp³-hybridized carbons (Fsp3) is 0.417. The van der Waals surface area contributed by atoms with Crippen molar-refractivity contribution in [1.29, 1.82) is 0 Å². The maximum absolute atomic E-state index is 11.8. The lowest BCUT2D eigenvalue weighted by atomic mass is 10.2. The molecule has 0 atom stereocenters. The molecule has 2 N–H and O–H groups in total. The number of rotatable bonds is 7. The third-order valence-corrected chi connectivity index (χ3v) is 4.01. The van der Waals surface area contributed by atoms with Crippen LogP contribution in [0.25, 0.3) is 0 Å². The summed E-state index contributed by atoms with van der Waals surface area (Å²) in [5.41, 5.74) is -0.0852. The summed E-state index contributed by atoms with van der Waals surface area (Å²) in [5.74, 6) is -1.44. The molecule has 20 heavy (non-hydrogen) atoms. The average molecular weight is 366 g/mol. The van der Waals surface area contributed by atoms with Gasteiger partial charge in [-0.15, -0.1) is 0 Å². The van der Waals surface area contributed by atoms with Gasteiger partial charge in [0.25, 0.3) is 0 Å². The number of nitrogens with one attached hydrogen (secondary N) is 1. The average Bonchev–Trinajstić information content (AvgIpc) is 2.30. The van der Waals surface area contributed by atoms with E-state index in [4.69, 9.17) is 9.84 Å². The van der Waals surface area contributed by atoms with E-state index in [0.717, 1.165) is 0 Å². The minimum atomic E-state index is -3.65. The van der Waals surface area contributed by atoms with Gasteiger partial charge in [0, 0.05) is 4.47 Å². The van der Waals surface area contributed by atoms with Gasteiger partial charge in [-0.2, -0.15) is 0 Å². The predicted octanol–water partition coefficient (Wildman–Crippen LogP) is 2.31. The summed E-state index contributed by atoms with van der Waals surface area (Å²) >= 11 is 3.14. The lowest BCUT2D eigenvalue weighted by Gasteiger charge is -2.12. The molecular weight excluding hydrogens is 350 g/mol. The maximum atomic E-state index is 11.8. The molecule has 0 bridgehead atoms. The Morgan fingerprint density at radius 1 is 1.45 bits per heavy atom. The van der Waals surface area contributed by atoms with Crippen LogP contribution in [0, 0.1) is 0 Å². The van der Waals surface area contributed by atoms with Crippen molar-refractivity contribution in [2.45, 2.75) is 20.0 Å². The van der Waals surface area contributed by atoms with E-state index in [2.05, 4.69) is 20.7 Å². The van der Waals surface area contributed by atoms with E-state index in [9.17, 15) is 13.2 Å². The summed E-state index contributed by atoms with van der Waals surface area (Å²) in [7, 11) is -3.65. The second kappa shape index (κ2) is 7.05. The number of anilines is 1. The summed E-state index contributed by atoms with van der Waals surface area (Å²) in [6.07, 6.45) is -0.0625. The van der Waals surface area contributed by atoms with Crippen LogP contribution in [0.5, 0.6) is 0 Å². The maximum Gasteiger partial charge on any atom is 0.337 e. The molecule has 1 aromatic rings. The largest absolute Gasteiger partial charge is 0.478 e. The molecule has 0 aromatic heterocycles. The van der Waals surface area contributed by atoms with Gasteiger partial charge in [-0.1, -0.05) is 15.9 Å². The van der Waals surface area contributed by atoms with Crippen LogP contribution in [0.1, 0.15) is 24.2 Å². The van der Waals surface area contributed by atoms with Crippen molar-refractivity contribution in [1.82, 2.24) is 0 Å². The summed E-state index contributed by atoms with van der Waals surface area (Å²) in [6.45, 7) is 3.65. The molecule has 0 spiro atoms. The number of hydrogen-bond donors (Lipinski definition) is 2. The Morgan fingerprint density at radius 2 is 2.10 bits per heavy atom. The quantitative estimate of drug-likeness (QED) is 0.773. The van der Waals surface area contributed by atoms with Crippen molar-refractivity contribution in [3.63, 3.8) is 0 Å². The second-order valence-corrected chi connectivity index (χ2v) is 7.09. The Labute approximate surface area is 126 Å². The zero-order valence-corrected chi connectivity index (χ0v) is 13.5. The Balaban J connectivity index is 2.84. The zero-order chi connectivity index (χ0) is 15.3. The second-order valence-electron chi connectivity index (χ2n) is 4.34. The topological polar surface area (TPSA) is 92.7 Å². The number of hydrogen-bond acceptors (Lipinski definition) is 4. The molecule has 0 radical (unpaired) electrons. The first-order valence-electron chi connectivity index (χ1n) is 5.86. The van der Waals surface area contributed by atoms with E-state index >= 15 is 0 Å². The van der Waals surface area contributed by atoms with Gasteiger partial charge < -0.3 is 9.84 Å². The van der Waals surface area contributed by atoms with Gasteiger partial charge in [0.05, 0.1) is 29.7 Å². The van der Waals surface area contributed by atoms with Crippen molar-refractivity contribution in [3.05, 3.63) is 28.2 Å². The van der Waals surface area contributed by atoms with E-state index < -0.39 is 16.0 Å². The van der Waals surface area contributed by atoms with Crippen LogP contribution in [-0.4, -0.2) is 38.0 Å². The molecule has 1 rings (SSSR count). The molecule has 8 heteroatoms. The lowest BCUT2D eigenvalue weighted by molar-refractivity contribution is 0.0698. The van der Waals surface area contributed by atoms with Crippen LogP contribution >= 0.6 is 15.9 Å². The molecule has 0 saturated heterocycles. The van der Waals surface area contributed by atoms with Gasteiger partial charge in [0.1, 0.15) is 0 Å². The van der Waals surface area contributed by atoms with Crippen molar-refractivity contribution >= 4 is 37.6 Å². The summed E-state index contributed by atoms with van der Waals surface area (Å²) in [4.78, 5) is 11.1. The molecular formula is C12H16BrNO5S. The smallest absolute Gasteiger partial charge is 0.337 e. The highest BCUT2D eigenvalue weighted by atomic mass is 79.9. The van der Waals surface area contributed by atoms with Crippen molar-refractivity contribution in [2.24, 2.45) is 0 Å². The molecule has 0 saturated carbocycles. The van der Waals surface area contributed by atoms with E-state index in [1.54, 1.807) is 19.9 Å². The molecule has 0 unspecified atom stereocenters. The lowest BCUT2D eigenvalue weighted by Crippen LogP contribution is -2.22. The Morgan fingerprint density at radius 3 is 2.65 bits per heavy atom. The molecule has 1 aromatic carbocycles. The van der Waals surface area contributed by atoms with Crippen molar-refractivity contribution in [2.75, 3.05) is 17.1 Å². The first-order chi connectivity index (χ1) is 9.21. The number of sulfonamides is 1. The molecule has 0 aliphatic carbocycles. The van der Waals surface area contributed by atoms with Gasteiger partial charge in [-0.3, -0.25) is 4.72 Å². The number of aromatic carboxylic acids is 1. The molecule has 0 aliphatic rings. The van der Waals surface area contributed by atoms with Crippen LogP contribution < -0.4 is 4.72 Å². The van der Waals surface area contributed by atoms with Crippen LogP contribution in [0.15, 0.2) is 22.7 Å². The predicted molar refractivity (Wildman–Crippen MR) is 79.6 cm³/mol. The minimum Gasteiger partial charge on any atom is -0.478 e. The van der Waals surface area contributed by atoms with Crippen molar-refractivity contribution in [3.8, 4) is 0 Å². The van der Waals surface area contributed by atoms with E-state index in [1.165, 1.54) is 12.1 Å². The normalized spacial score (nSPS) is 11.6. The third-order valence-electron chi connectivity index (χ3n) is 2.28. The van der Waals surface area contributed by atoms with E-state index in [1.807, 2.05) is 0 Å². The molecule has 0 fully saturated rings. The van der Waals surface area contributed by atoms with Crippen LogP contribution in [-0.2, 0) is 14.8 Å². The molecule has 0 aliphatic heterocycles. The van der Waals surface area contributed by atoms with Crippen LogP contribution in [0.2, 0.25) is 0 Å². The van der Waals surface area contributed by atoms with E-state index in [-0.39, 0.29) is 29.7 Å². The zero-order valence-electron chi connectivity index (χ0n) is 11.1. The fourth-order valence-electron chi connectivity index (χ4n) is 1.39. The first-order valence-corrected chi connectivity index (χ1v) is 8.31. The SMILES string of the molecule is CC(C)OCCS(=O)(=O)Nc1ccc(Br)cc1C(=O)O. The number of carboxylic acid groups (broad SMARTS) is 1. The summed E-state index contributed by atoms with van der Waals surface area (Å²) < 4.78 is 31.7. The molecule has 0 amide bonds. The standard InChI is InChI=1S/C12H16BrNO5S/c1-8(2)19-5-6-20(17,18)14-11-4-3-9(13)7-10(11)12(15)16/h3-4,7-8,14H,5-6H2,1-2H3,(H,15,16). The van der Waals surface area contributed by atoms with Crippen molar-refractivity contribution < 1.29 is 23.1 Å².